The Bertz CT molecular complexity index is 809. The van der Waals surface area contributed by atoms with Crippen LogP contribution in [0.5, 0.6) is 0 Å². The van der Waals surface area contributed by atoms with Crippen molar-refractivity contribution in [1.82, 2.24) is 10.3 Å². The van der Waals surface area contributed by atoms with Gasteiger partial charge in [0.15, 0.2) is 9.84 Å². The quantitative estimate of drug-likeness (QED) is 0.574. The zero-order chi connectivity index (χ0) is 18.6. The van der Waals surface area contributed by atoms with Gasteiger partial charge in [0.1, 0.15) is 5.71 Å². The summed E-state index contributed by atoms with van der Waals surface area (Å²) >= 11 is 1.64. The molecule has 1 unspecified atom stereocenters. The molecule has 0 aliphatic carbocycles. The molecule has 9 heteroatoms. The van der Waals surface area contributed by atoms with Crippen LogP contribution in [0, 0.1) is 0 Å². The molecule has 3 rings (SSSR count). The minimum Gasteiger partial charge on any atom is -0.350 e. The zero-order valence-corrected chi connectivity index (χ0v) is 15.9. The standard InChI is InChI=1S/C17H21N3O4S2/c21-16-7-6-15(19-20(16)13-8-11-26(23,24)12-13)17(22)18-9-10-25-14-4-2-1-3-5-14/h1-5,13H,6-12H2,(H,18,22). The number of benzene rings is 1. The van der Waals surface area contributed by atoms with Crippen molar-refractivity contribution in [2.45, 2.75) is 30.2 Å². The zero-order valence-electron chi connectivity index (χ0n) is 14.3. The van der Waals surface area contributed by atoms with E-state index in [0.29, 0.717) is 18.7 Å². The highest BCUT2D eigenvalue weighted by Gasteiger charge is 2.37. The van der Waals surface area contributed by atoms with Gasteiger partial charge in [0.25, 0.3) is 5.91 Å². The van der Waals surface area contributed by atoms with Gasteiger partial charge in [0.05, 0.1) is 17.5 Å². The number of hydrazone groups is 1. The Hall–Kier alpha value is -1.87. The van der Waals surface area contributed by atoms with Crippen LogP contribution in [0.4, 0.5) is 0 Å². The lowest BCUT2D eigenvalue weighted by Crippen LogP contribution is -2.44. The first-order chi connectivity index (χ1) is 12.4. The SMILES string of the molecule is O=C(NCCSc1ccccc1)C1=NN(C2CCS(=O)(=O)C2)C(=O)CC1. The normalized spacial score (nSPS) is 22.2. The van der Waals surface area contributed by atoms with Crippen molar-refractivity contribution < 1.29 is 18.0 Å². The number of carbonyl (C=O) groups is 2. The fourth-order valence-electron chi connectivity index (χ4n) is 2.94. The summed E-state index contributed by atoms with van der Waals surface area (Å²) in [5.41, 5.74) is 0.290. The van der Waals surface area contributed by atoms with Crippen LogP contribution in [0.25, 0.3) is 0 Å². The summed E-state index contributed by atoms with van der Waals surface area (Å²) in [5.74, 6) is 0.201. The molecule has 0 bridgehead atoms. The fourth-order valence-corrected chi connectivity index (χ4v) is 5.42. The van der Waals surface area contributed by atoms with Gasteiger partial charge < -0.3 is 5.32 Å². The third-order valence-corrected chi connectivity index (χ3v) is 7.04. The van der Waals surface area contributed by atoms with E-state index >= 15 is 0 Å². The second-order valence-corrected chi connectivity index (χ2v) is 9.66. The van der Waals surface area contributed by atoms with Crippen LogP contribution in [0.3, 0.4) is 0 Å². The molecule has 2 aliphatic rings. The van der Waals surface area contributed by atoms with Gasteiger partial charge >= 0.3 is 0 Å². The Morgan fingerprint density at radius 1 is 1.27 bits per heavy atom. The first-order valence-corrected chi connectivity index (χ1v) is 11.3. The molecule has 1 saturated heterocycles. The molecule has 0 radical (unpaired) electrons. The monoisotopic (exact) mass is 395 g/mol. The van der Waals surface area contributed by atoms with Crippen molar-refractivity contribution in [2.24, 2.45) is 5.10 Å². The molecule has 2 heterocycles. The molecule has 1 atom stereocenters. The summed E-state index contributed by atoms with van der Waals surface area (Å²) in [5, 5.41) is 8.19. The number of rotatable bonds is 6. The predicted molar refractivity (Wildman–Crippen MR) is 101 cm³/mol. The Morgan fingerprint density at radius 3 is 2.73 bits per heavy atom. The van der Waals surface area contributed by atoms with E-state index in [9.17, 15) is 18.0 Å². The number of hydrogen-bond donors (Lipinski definition) is 1. The highest BCUT2D eigenvalue weighted by molar-refractivity contribution is 7.99. The van der Waals surface area contributed by atoms with Gasteiger partial charge in [-0.15, -0.1) is 11.8 Å². The first kappa shape index (κ1) is 18.9. The number of nitrogens with zero attached hydrogens (tertiary/aromatic N) is 2. The van der Waals surface area contributed by atoms with Gasteiger partial charge in [0.2, 0.25) is 5.91 Å². The number of sulfone groups is 1. The average Bonchev–Trinajstić information content (AvgIpc) is 2.99. The van der Waals surface area contributed by atoms with Crippen LogP contribution < -0.4 is 5.32 Å². The summed E-state index contributed by atoms with van der Waals surface area (Å²) in [4.78, 5) is 25.5. The molecule has 0 aromatic heterocycles. The van der Waals surface area contributed by atoms with E-state index in [2.05, 4.69) is 10.4 Å². The molecule has 2 aliphatic heterocycles. The van der Waals surface area contributed by atoms with E-state index in [4.69, 9.17) is 0 Å². The molecule has 26 heavy (non-hydrogen) atoms. The summed E-state index contributed by atoms with van der Waals surface area (Å²) in [6, 6.07) is 9.45. The van der Waals surface area contributed by atoms with Crippen LogP contribution in [-0.2, 0) is 19.4 Å². The molecule has 1 N–H and O–H groups in total. The molecule has 0 spiro atoms. The smallest absolute Gasteiger partial charge is 0.267 e. The minimum absolute atomic E-state index is 0.0647. The van der Waals surface area contributed by atoms with Crippen LogP contribution >= 0.6 is 11.8 Å². The van der Waals surface area contributed by atoms with Gasteiger partial charge in [-0.3, -0.25) is 9.59 Å². The first-order valence-electron chi connectivity index (χ1n) is 8.50. The second kappa shape index (κ2) is 8.22. The maximum absolute atomic E-state index is 12.3. The second-order valence-electron chi connectivity index (χ2n) is 6.26. The molecule has 1 aromatic rings. The van der Waals surface area contributed by atoms with E-state index in [1.807, 2.05) is 30.3 Å². The van der Waals surface area contributed by atoms with Crippen LogP contribution in [0.15, 0.2) is 40.3 Å². The number of amides is 2. The van der Waals surface area contributed by atoms with Gasteiger partial charge in [-0.2, -0.15) is 5.10 Å². The van der Waals surface area contributed by atoms with Crippen molar-refractivity contribution in [3.63, 3.8) is 0 Å². The van der Waals surface area contributed by atoms with E-state index in [1.54, 1.807) is 11.8 Å². The highest BCUT2D eigenvalue weighted by Crippen LogP contribution is 2.22. The third-order valence-electron chi connectivity index (χ3n) is 4.28. The number of nitrogens with one attached hydrogen (secondary N) is 1. The summed E-state index contributed by atoms with van der Waals surface area (Å²) < 4.78 is 23.3. The number of thioether (sulfide) groups is 1. The number of carbonyl (C=O) groups excluding carboxylic acids is 2. The maximum atomic E-state index is 12.3. The highest BCUT2D eigenvalue weighted by atomic mass is 32.2. The molecule has 1 aromatic carbocycles. The van der Waals surface area contributed by atoms with Crippen LogP contribution in [0.1, 0.15) is 19.3 Å². The average molecular weight is 396 g/mol. The summed E-state index contributed by atoms with van der Waals surface area (Å²) in [7, 11) is -3.12. The molecule has 7 nitrogen and oxygen atoms in total. The molecule has 1 fully saturated rings. The van der Waals surface area contributed by atoms with Gasteiger partial charge in [-0.05, 0) is 18.6 Å². The molecule has 2 amide bonds. The largest absolute Gasteiger partial charge is 0.350 e. The van der Waals surface area contributed by atoms with Crippen molar-refractivity contribution in [1.29, 1.82) is 0 Å². The topological polar surface area (TPSA) is 95.9 Å². The van der Waals surface area contributed by atoms with Crippen LogP contribution in [-0.4, -0.2) is 60.8 Å². The van der Waals surface area contributed by atoms with Gasteiger partial charge in [0, 0.05) is 30.0 Å². The molecule has 0 saturated carbocycles. The van der Waals surface area contributed by atoms with E-state index in [0.717, 1.165) is 10.6 Å². The molecule has 140 valence electrons. The Labute approximate surface area is 157 Å². The van der Waals surface area contributed by atoms with Crippen molar-refractivity contribution in [3.8, 4) is 0 Å². The number of hydrogen-bond acceptors (Lipinski definition) is 6. The van der Waals surface area contributed by atoms with Crippen molar-refractivity contribution in [3.05, 3.63) is 30.3 Å². The lowest BCUT2D eigenvalue weighted by Gasteiger charge is -2.27. The summed E-state index contributed by atoms with van der Waals surface area (Å²) in [6.07, 6.45) is 0.841. The predicted octanol–water partition coefficient (Wildman–Crippen LogP) is 1.06. The molecular formula is C17H21N3O4S2. The van der Waals surface area contributed by atoms with Crippen molar-refractivity contribution >= 4 is 39.1 Å². The third kappa shape index (κ3) is 4.85. The lowest BCUT2D eigenvalue weighted by atomic mass is 10.1. The maximum Gasteiger partial charge on any atom is 0.267 e. The van der Waals surface area contributed by atoms with Crippen molar-refractivity contribution in [2.75, 3.05) is 23.8 Å². The fraction of sp³-hybridized carbons (Fsp3) is 0.471. The van der Waals surface area contributed by atoms with Gasteiger partial charge in [-0.1, -0.05) is 18.2 Å². The van der Waals surface area contributed by atoms with E-state index < -0.39 is 15.9 Å². The summed E-state index contributed by atoms with van der Waals surface area (Å²) in [6.45, 7) is 0.489. The van der Waals surface area contributed by atoms with E-state index in [1.165, 1.54) is 5.01 Å². The lowest BCUT2D eigenvalue weighted by molar-refractivity contribution is -0.133. The Morgan fingerprint density at radius 2 is 2.04 bits per heavy atom. The minimum atomic E-state index is -3.12. The molecular weight excluding hydrogens is 374 g/mol. The van der Waals surface area contributed by atoms with E-state index in [-0.39, 0.29) is 36.2 Å². The Balaban J connectivity index is 1.53. The van der Waals surface area contributed by atoms with Gasteiger partial charge in [-0.25, -0.2) is 13.4 Å². The van der Waals surface area contributed by atoms with Crippen LogP contribution in [0.2, 0.25) is 0 Å². The Kier molecular flexibility index (Phi) is 5.98.